The fraction of sp³-hybridized carbons (Fsp3) is 0.733. The topological polar surface area (TPSA) is 70.2 Å². The molecule has 0 saturated carbocycles. The number of likely N-dealkylation sites (N-methyl/N-ethyl adjacent to an activating group) is 1. The molecule has 116 valence electrons. The number of imidazole rings is 1. The van der Waals surface area contributed by atoms with E-state index in [1.54, 1.807) is 6.33 Å². The molecule has 0 aromatic carbocycles. The molecule has 0 radical (unpaired) electrons. The Morgan fingerprint density at radius 2 is 2.19 bits per heavy atom. The van der Waals surface area contributed by atoms with E-state index in [9.17, 15) is 4.79 Å². The van der Waals surface area contributed by atoms with Crippen LogP contribution in [0, 0.1) is 0 Å². The van der Waals surface area contributed by atoms with Crippen molar-refractivity contribution in [3.63, 3.8) is 0 Å². The van der Waals surface area contributed by atoms with Gasteiger partial charge in [0.1, 0.15) is 0 Å². The lowest BCUT2D eigenvalue weighted by Crippen LogP contribution is -2.60. The average Bonchev–Trinajstić information content (AvgIpc) is 2.96. The maximum atomic E-state index is 12.7. The summed E-state index contributed by atoms with van der Waals surface area (Å²) in [5.74, 6) is 0.149. The number of hydrogen-bond donors (Lipinski definition) is 2. The number of aromatic nitrogens is 2. The van der Waals surface area contributed by atoms with E-state index in [4.69, 9.17) is 4.74 Å². The van der Waals surface area contributed by atoms with Crippen molar-refractivity contribution in [3.05, 3.63) is 17.7 Å². The van der Waals surface area contributed by atoms with Gasteiger partial charge in [-0.1, -0.05) is 0 Å². The van der Waals surface area contributed by atoms with E-state index in [-0.39, 0.29) is 23.5 Å². The van der Waals surface area contributed by atoms with Gasteiger partial charge in [-0.3, -0.25) is 10.1 Å². The molecule has 2 aliphatic heterocycles. The number of fused-ring (bicyclic) bond motifs is 2. The maximum Gasteiger partial charge on any atom is 0.240 e. The number of carbonyl (C=O) groups is 1. The summed E-state index contributed by atoms with van der Waals surface area (Å²) in [5, 5.41) is 3.59. The van der Waals surface area contributed by atoms with Crippen molar-refractivity contribution in [2.75, 3.05) is 20.3 Å². The van der Waals surface area contributed by atoms with Gasteiger partial charge >= 0.3 is 0 Å². The number of H-pyrrole nitrogens is 1. The third kappa shape index (κ3) is 2.46. The second kappa shape index (κ2) is 5.42. The number of aromatic amines is 1. The molecule has 1 fully saturated rings. The highest BCUT2D eigenvalue weighted by molar-refractivity contribution is 5.82. The minimum Gasteiger partial charge on any atom is -0.381 e. The molecule has 6 heteroatoms. The molecule has 2 N–H and O–H groups in total. The summed E-state index contributed by atoms with van der Waals surface area (Å²) in [6.45, 7) is 5.49. The molecule has 0 aliphatic carbocycles. The molecule has 21 heavy (non-hydrogen) atoms. The summed E-state index contributed by atoms with van der Waals surface area (Å²) < 4.78 is 5.50. The highest BCUT2D eigenvalue weighted by Crippen LogP contribution is 2.36. The van der Waals surface area contributed by atoms with Crippen LogP contribution in [0.15, 0.2) is 6.33 Å². The molecule has 1 aromatic heterocycles. The van der Waals surface area contributed by atoms with Crippen LogP contribution in [-0.4, -0.2) is 53.1 Å². The van der Waals surface area contributed by atoms with Crippen molar-refractivity contribution in [3.8, 4) is 0 Å². The zero-order chi connectivity index (χ0) is 15.0. The maximum absolute atomic E-state index is 12.7. The fourth-order valence-electron chi connectivity index (χ4n) is 3.30. The van der Waals surface area contributed by atoms with E-state index in [0.717, 1.165) is 24.2 Å². The van der Waals surface area contributed by atoms with Crippen molar-refractivity contribution < 1.29 is 9.53 Å². The van der Waals surface area contributed by atoms with Crippen LogP contribution in [0.5, 0.6) is 0 Å². The summed E-state index contributed by atoms with van der Waals surface area (Å²) in [4.78, 5) is 22.2. The summed E-state index contributed by atoms with van der Waals surface area (Å²) in [5.41, 5.74) is 1.94. The first kappa shape index (κ1) is 14.5. The lowest BCUT2D eigenvalue weighted by molar-refractivity contribution is -0.135. The van der Waals surface area contributed by atoms with Gasteiger partial charge in [0, 0.05) is 38.4 Å². The number of nitrogens with zero attached hydrogens (tertiary/aromatic N) is 2. The zero-order valence-corrected chi connectivity index (χ0v) is 13.0. The van der Waals surface area contributed by atoms with Crippen molar-refractivity contribution in [2.45, 2.75) is 50.7 Å². The van der Waals surface area contributed by atoms with Gasteiger partial charge in [0.25, 0.3) is 0 Å². The second-order valence-corrected chi connectivity index (χ2v) is 6.37. The van der Waals surface area contributed by atoms with Crippen molar-refractivity contribution in [2.24, 2.45) is 0 Å². The van der Waals surface area contributed by atoms with Crippen LogP contribution in [0.2, 0.25) is 0 Å². The molecule has 3 heterocycles. The van der Waals surface area contributed by atoms with Crippen LogP contribution in [0.4, 0.5) is 0 Å². The van der Waals surface area contributed by atoms with Gasteiger partial charge in [0.05, 0.1) is 23.6 Å². The van der Waals surface area contributed by atoms with Crippen molar-refractivity contribution >= 4 is 5.91 Å². The second-order valence-electron chi connectivity index (χ2n) is 6.37. The first-order chi connectivity index (χ1) is 10.0. The Bertz CT molecular complexity index is 519. The lowest BCUT2D eigenvalue weighted by atomic mass is 9.80. The van der Waals surface area contributed by atoms with Gasteiger partial charge < -0.3 is 14.6 Å². The fourth-order valence-corrected chi connectivity index (χ4v) is 3.30. The Kier molecular flexibility index (Phi) is 3.75. The zero-order valence-electron chi connectivity index (χ0n) is 13.0. The summed E-state index contributed by atoms with van der Waals surface area (Å²) in [6.07, 6.45) is 4.14. The predicted molar refractivity (Wildman–Crippen MR) is 78.9 cm³/mol. The van der Waals surface area contributed by atoms with Crippen LogP contribution in [0.3, 0.4) is 0 Å². The quantitative estimate of drug-likeness (QED) is 0.846. The lowest BCUT2D eigenvalue weighted by Gasteiger charge is -2.44. The molecule has 1 atom stereocenters. The Morgan fingerprint density at radius 3 is 2.86 bits per heavy atom. The number of carbonyl (C=O) groups excluding carboxylic acids is 1. The summed E-state index contributed by atoms with van der Waals surface area (Å²) >= 11 is 0. The van der Waals surface area contributed by atoms with E-state index < -0.39 is 0 Å². The monoisotopic (exact) mass is 292 g/mol. The Hall–Kier alpha value is -1.40. The van der Waals surface area contributed by atoms with Crippen molar-refractivity contribution in [1.29, 1.82) is 0 Å². The van der Waals surface area contributed by atoms with E-state index in [1.807, 2.05) is 25.8 Å². The molecule has 3 rings (SSSR count). The summed E-state index contributed by atoms with van der Waals surface area (Å²) in [7, 11) is 1.87. The summed E-state index contributed by atoms with van der Waals surface area (Å²) in [6, 6.07) is 0.0107. The van der Waals surface area contributed by atoms with Crippen LogP contribution in [0.25, 0.3) is 0 Å². The molecule has 1 amide bonds. The Morgan fingerprint density at radius 1 is 1.48 bits per heavy atom. The molecule has 0 unspecified atom stereocenters. The van der Waals surface area contributed by atoms with Crippen LogP contribution >= 0.6 is 0 Å². The highest BCUT2D eigenvalue weighted by atomic mass is 16.5. The standard InChI is InChI=1S/C15H24N4O2/c1-10(2)19(3)14(20)12-8-11-13(17-9-16-11)15(18-12)4-6-21-7-5-15/h9-10,12,18H,4-8H2,1-3H3,(H,16,17)/t12-/m0/s1. The van der Waals surface area contributed by atoms with Gasteiger partial charge in [0.2, 0.25) is 5.91 Å². The van der Waals surface area contributed by atoms with Crippen LogP contribution in [-0.2, 0) is 21.5 Å². The number of ether oxygens (including phenoxy) is 1. The molecule has 0 bridgehead atoms. The largest absolute Gasteiger partial charge is 0.381 e. The molecule has 6 nitrogen and oxygen atoms in total. The number of amides is 1. The number of rotatable bonds is 2. The van der Waals surface area contributed by atoms with E-state index in [2.05, 4.69) is 15.3 Å². The minimum absolute atomic E-state index is 0.149. The molecule has 1 saturated heterocycles. The Labute approximate surface area is 125 Å². The van der Waals surface area contributed by atoms with Gasteiger partial charge in [-0.05, 0) is 26.7 Å². The molecule has 1 spiro atoms. The number of hydrogen-bond acceptors (Lipinski definition) is 4. The first-order valence-electron chi connectivity index (χ1n) is 7.68. The van der Waals surface area contributed by atoms with Gasteiger partial charge in [0.15, 0.2) is 0 Å². The molecular formula is C15H24N4O2. The SMILES string of the molecule is CC(C)N(C)C(=O)[C@@H]1Cc2[nH]cnc2C2(CCOCC2)N1. The first-order valence-corrected chi connectivity index (χ1v) is 7.68. The van der Waals surface area contributed by atoms with Crippen LogP contribution in [0.1, 0.15) is 38.1 Å². The number of nitrogens with one attached hydrogen (secondary N) is 2. The third-order valence-electron chi connectivity index (χ3n) is 4.80. The molecule has 1 aromatic rings. The average molecular weight is 292 g/mol. The smallest absolute Gasteiger partial charge is 0.240 e. The highest BCUT2D eigenvalue weighted by Gasteiger charge is 2.45. The van der Waals surface area contributed by atoms with Gasteiger partial charge in [-0.15, -0.1) is 0 Å². The van der Waals surface area contributed by atoms with Gasteiger partial charge in [-0.2, -0.15) is 0 Å². The Balaban J connectivity index is 1.89. The molecule has 2 aliphatic rings. The normalized spacial score (nSPS) is 24.1. The van der Waals surface area contributed by atoms with Gasteiger partial charge in [-0.25, -0.2) is 4.98 Å². The molecular weight excluding hydrogens is 268 g/mol. The van der Waals surface area contributed by atoms with Crippen LogP contribution < -0.4 is 5.32 Å². The van der Waals surface area contributed by atoms with E-state index >= 15 is 0 Å². The minimum atomic E-state index is -0.218. The van der Waals surface area contributed by atoms with Crippen molar-refractivity contribution in [1.82, 2.24) is 20.2 Å². The van der Waals surface area contributed by atoms with E-state index in [0.29, 0.717) is 19.6 Å². The van der Waals surface area contributed by atoms with E-state index in [1.165, 1.54) is 0 Å². The third-order valence-corrected chi connectivity index (χ3v) is 4.80. The predicted octanol–water partition coefficient (Wildman–Crippen LogP) is 0.796.